The van der Waals surface area contributed by atoms with Gasteiger partial charge in [0, 0.05) is 24.5 Å². The van der Waals surface area contributed by atoms with Gasteiger partial charge in [-0.3, -0.25) is 9.48 Å². The summed E-state index contributed by atoms with van der Waals surface area (Å²) in [6.45, 7) is 0.715. The van der Waals surface area contributed by atoms with Gasteiger partial charge in [0.1, 0.15) is 6.61 Å². The van der Waals surface area contributed by atoms with Crippen LogP contribution in [0.2, 0.25) is 0 Å². The van der Waals surface area contributed by atoms with Gasteiger partial charge in [-0.15, -0.1) is 0 Å². The molecule has 116 valence electrons. The first-order valence-corrected chi connectivity index (χ1v) is 6.79. The van der Waals surface area contributed by atoms with Crippen LogP contribution < -0.4 is 5.32 Å². The number of carboxylic acid groups (broad SMARTS) is 1. The van der Waals surface area contributed by atoms with E-state index in [1.165, 1.54) is 0 Å². The number of carbonyl (C=O) groups is 2. The van der Waals surface area contributed by atoms with E-state index in [0.29, 0.717) is 12.1 Å². The molecule has 1 aromatic carbocycles. The Balaban J connectivity index is 1.77. The number of carbonyl (C=O) groups excluding carboxylic acids is 1. The van der Waals surface area contributed by atoms with Crippen molar-refractivity contribution in [1.82, 2.24) is 15.1 Å². The van der Waals surface area contributed by atoms with Gasteiger partial charge < -0.3 is 15.2 Å². The third kappa shape index (κ3) is 5.02. The maximum Gasteiger partial charge on any atom is 0.329 e. The molecule has 0 atom stereocenters. The summed E-state index contributed by atoms with van der Waals surface area (Å²) >= 11 is 0. The summed E-state index contributed by atoms with van der Waals surface area (Å²) in [6, 6.07) is 9.09. The molecule has 0 fully saturated rings. The topological polar surface area (TPSA) is 93.5 Å². The molecule has 22 heavy (non-hydrogen) atoms. The molecule has 0 saturated heterocycles. The van der Waals surface area contributed by atoms with Crippen molar-refractivity contribution < 1.29 is 19.4 Å². The molecule has 0 spiro atoms. The van der Waals surface area contributed by atoms with E-state index in [9.17, 15) is 9.59 Å². The number of nitrogens with one attached hydrogen (secondary N) is 1. The second-order valence-electron chi connectivity index (χ2n) is 4.60. The van der Waals surface area contributed by atoms with Crippen LogP contribution in [0.1, 0.15) is 15.9 Å². The lowest BCUT2D eigenvalue weighted by Gasteiger charge is -2.06. The molecule has 0 bridgehead atoms. The zero-order valence-electron chi connectivity index (χ0n) is 11.9. The summed E-state index contributed by atoms with van der Waals surface area (Å²) in [5.74, 6) is -1.25. The second kappa shape index (κ2) is 7.94. The first-order chi connectivity index (χ1) is 10.6. The molecule has 0 saturated carbocycles. The van der Waals surface area contributed by atoms with Gasteiger partial charge in [-0.2, -0.15) is 5.10 Å². The van der Waals surface area contributed by atoms with Gasteiger partial charge >= 0.3 is 5.97 Å². The first kappa shape index (κ1) is 15.7. The van der Waals surface area contributed by atoms with Gasteiger partial charge in [-0.1, -0.05) is 12.1 Å². The Kier molecular flexibility index (Phi) is 5.67. The van der Waals surface area contributed by atoms with Gasteiger partial charge in [0.15, 0.2) is 0 Å². The Morgan fingerprint density at radius 3 is 2.68 bits per heavy atom. The summed E-state index contributed by atoms with van der Waals surface area (Å²) in [4.78, 5) is 22.1. The average Bonchev–Trinajstić information content (AvgIpc) is 3.00. The fourth-order valence-corrected chi connectivity index (χ4v) is 1.84. The Morgan fingerprint density at radius 2 is 2.05 bits per heavy atom. The minimum atomic E-state index is -1.03. The van der Waals surface area contributed by atoms with E-state index >= 15 is 0 Å². The smallest absolute Gasteiger partial charge is 0.329 e. The highest BCUT2D eigenvalue weighted by molar-refractivity contribution is 5.94. The van der Waals surface area contributed by atoms with Gasteiger partial charge in [0.25, 0.3) is 5.91 Å². The van der Waals surface area contributed by atoms with Crippen molar-refractivity contribution in [2.75, 3.05) is 19.8 Å². The van der Waals surface area contributed by atoms with E-state index in [1.54, 1.807) is 23.0 Å². The summed E-state index contributed by atoms with van der Waals surface area (Å²) in [5.41, 5.74) is 1.59. The lowest BCUT2D eigenvalue weighted by molar-refractivity contribution is -0.142. The molecule has 1 aromatic heterocycles. The number of aliphatic carboxylic acids is 1. The molecule has 1 heterocycles. The van der Waals surface area contributed by atoms with Crippen molar-refractivity contribution in [1.29, 1.82) is 0 Å². The third-order valence-electron chi connectivity index (χ3n) is 2.88. The van der Waals surface area contributed by atoms with Crippen molar-refractivity contribution in [3.8, 4) is 0 Å². The Hall–Kier alpha value is -2.67. The molecule has 2 rings (SSSR count). The zero-order valence-corrected chi connectivity index (χ0v) is 11.9. The maximum atomic E-state index is 11.9. The Bertz CT molecular complexity index is 608. The van der Waals surface area contributed by atoms with Crippen LogP contribution in [-0.4, -0.2) is 46.5 Å². The summed E-state index contributed by atoms with van der Waals surface area (Å²) in [5, 5.41) is 15.2. The SMILES string of the molecule is O=C(O)COCCNC(=O)c1ccc(Cn2cccn2)cc1. The standard InChI is InChI=1S/C15H17N3O4/c19-14(20)11-22-9-7-16-15(21)13-4-2-12(3-5-13)10-18-8-1-6-17-18/h1-6,8H,7,9-11H2,(H,16,21)(H,19,20). The highest BCUT2D eigenvalue weighted by atomic mass is 16.5. The molecule has 2 N–H and O–H groups in total. The predicted molar refractivity (Wildman–Crippen MR) is 78.6 cm³/mol. The number of nitrogens with zero attached hydrogens (tertiary/aromatic N) is 2. The summed E-state index contributed by atoms with van der Waals surface area (Å²) in [7, 11) is 0. The molecule has 1 amide bonds. The molecule has 0 aliphatic rings. The minimum absolute atomic E-state index is 0.162. The van der Waals surface area contributed by atoms with Crippen LogP contribution in [0.4, 0.5) is 0 Å². The van der Waals surface area contributed by atoms with E-state index in [0.717, 1.165) is 5.56 Å². The monoisotopic (exact) mass is 303 g/mol. The Morgan fingerprint density at radius 1 is 1.27 bits per heavy atom. The van der Waals surface area contributed by atoms with E-state index in [2.05, 4.69) is 10.4 Å². The molecule has 7 heteroatoms. The number of carboxylic acids is 1. The lowest BCUT2D eigenvalue weighted by Crippen LogP contribution is -2.27. The molecule has 0 unspecified atom stereocenters. The second-order valence-corrected chi connectivity index (χ2v) is 4.60. The number of benzene rings is 1. The fourth-order valence-electron chi connectivity index (χ4n) is 1.84. The quantitative estimate of drug-likeness (QED) is 0.702. The van der Waals surface area contributed by atoms with E-state index in [-0.39, 0.29) is 25.7 Å². The van der Waals surface area contributed by atoms with Crippen molar-refractivity contribution in [2.24, 2.45) is 0 Å². The van der Waals surface area contributed by atoms with Crippen LogP contribution in [0.15, 0.2) is 42.7 Å². The number of aromatic nitrogens is 2. The summed E-state index contributed by atoms with van der Waals surface area (Å²) in [6.07, 6.45) is 3.59. The lowest BCUT2D eigenvalue weighted by atomic mass is 10.1. The van der Waals surface area contributed by atoms with Crippen LogP contribution >= 0.6 is 0 Å². The number of hydrogen-bond acceptors (Lipinski definition) is 4. The van der Waals surface area contributed by atoms with E-state index in [4.69, 9.17) is 9.84 Å². The number of hydrogen-bond donors (Lipinski definition) is 2. The Labute approximate surface area is 127 Å². The molecule has 0 radical (unpaired) electrons. The highest BCUT2D eigenvalue weighted by Crippen LogP contribution is 2.06. The van der Waals surface area contributed by atoms with Crippen LogP contribution in [0.5, 0.6) is 0 Å². The van der Waals surface area contributed by atoms with Gasteiger partial charge in [-0.05, 0) is 23.8 Å². The zero-order chi connectivity index (χ0) is 15.8. The summed E-state index contributed by atoms with van der Waals surface area (Å²) < 4.78 is 6.64. The predicted octanol–water partition coefficient (Wildman–Crippen LogP) is 0.762. The van der Waals surface area contributed by atoms with Gasteiger partial charge in [-0.25, -0.2) is 4.79 Å². The third-order valence-corrected chi connectivity index (χ3v) is 2.88. The fraction of sp³-hybridized carbons (Fsp3) is 0.267. The minimum Gasteiger partial charge on any atom is -0.480 e. The van der Waals surface area contributed by atoms with E-state index < -0.39 is 5.97 Å². The van der Waals surface area contributed by atoms with Gasteiger partial charge in [0.2, 0.25) is 0 Å². The molecule has 7 nitrogen and oxygen atoms in total. The van der Waals surface area contributed by atoms with Crippen LogP contribution in [0.3, 0.4) is 0 Å². The first-order valence-electron chi connectivity index (χ1n) is 6.79. The molecule has 0 aliphatic carbocycles. The van der Waals surface area contributed by atoms with E-state index in [1.807, 2.05) is 24.4 Å². The van der Waals surface area contributed by atoms with Crippen LogP contribution in [-0.2, 0) is 16.1 Å². The molecule has 2 aromatic rings. The molecule has 0 aliphatic heterocycles. The van der Waals surface area contributed by atoms with Crippen LogP contribution in [0, 0.1) is 0 Å². The highest BCUT2D eigenvalue weighted by Gasteiger charge is 2.05. The van der Waals surface area contributed by atoms with Gasteiger partial charge in [0.05, 0.1) is 13.2 Å². The van der Waals surface area contributed by atoms with Crippen molar-refractivity contribution in [3.63, 3.8) is 0 Å². The average molecular weight is 303 g/mol. The normalized spacial score (nSPS) is 10.4. The largest absolute Gasteiger partial charge is 0.480 e. The molecular weight excluding hydrogens is 286 g/mol. The maximum absolute atomic E-state index is 11.9. The number of rotatable bonds is 8. The van der Waals surface area contributed by atoms with Crippen LogP contribution in [0.25, 0.3) is 0 Å². The van der Waals surface area contributed by atoms with Crippen molar-refractivity contribution >= 4 is 11.9 Å². The van der Waals surface area contributed by atoms with Crippen molar-refractivity contribution in [2.45, 2.75) is 6.54 Å². The number of ether oxygens (including phenoxy) is 1. The number of amides is 1. The van der Waals surface area contributed by atoms with Crippen molar-refractivity contribution in [3.05, 3.63) is 53.9 Å². The molecular formula is C15H17N3O4.